The van der Waals surface area contributed by atoms with Crippen LogP contribution in [-0.4, -0.2) is 28.0 Å². The van der Waals surface area contributed by atoms with Gasteiger partial charge in [-0.05, 0) is 23.5 Å². The van der Waals surface area contributed by atoms with Crippen molar-refractivity contribution in [2.75, 3.05) is 23.7 Å². The molecule has 29 heavy (non-hydrogen) atoms. The van der Waals surface area contributed by atoms with Gasteiger partial charge in [0.2, 0.25) is 11.9 Å². The lowest BCUT2D eigenvalue weighted by molar-refractivity contribution is 0.817. The highest BCUT2D eigenvalue weighted by Crippen LogP contribution is 2.31. The second-order valence-corrected chi connectivity index (χ2v) is 8.95. The normalized spacial score (nSPS) is 10.9. The summed E-state index contributed by atoms with van der Waals surface area (Å²) in [5.41, 5.74) is 0.824. The average molecular weight is 408 g/mol. The Kier molecular flexibility index (Phi) is 8.39. The summed E-state index contributed by atoms with van der Waals surface area (Å²) in [4.78, 5) is 14.3. The predicted molar refractivity (Wildman–Crippen MR) is 125 cm³/mol. The Balaban J connectivity index is 2.00. The van der Waals surface area contributed by atoms with Gasteiger partial charge in [-0.3, -0.25) is 0 Å². The van der Waals surface area contributed by atoms with Gasteiger partial charge in [0, 0.05) is 21.0 Å². The van der Waals surface area contributed by atoms with Crippen LogP contribution in [0.4, 0.5) is 11.9 Å². The molecule has 0 aliphatic heterocycles. The standard InChI is InChI=1S/C23H30N5P/c1-3-5-17-24-21-26-22(25-18-6-4-2)28-23(27-21)29(19-13-9-7-10-14-19)20-15-11-8-12-16-20/h7-16H,3-6,17-18H2,1-2H3,(H2,24,25,26,27,28). The van der Waals surface area contributed by atoms with Crippen molar-refractivity contribution in [3.63, 3.8) is 0 Å². The van der Waals surface area contributed by atoms with Crippen LogP contribution in [0.5, 0.6) is 0 Å². The van der Waals surface area contributed by atoms with Crippen LogP contribution in [0.2, 0.25) is 0 Å². The Morgan fingerprint density at radius 1 is 0.655 bits per heavy atom. The second kappa shape index (κ2) is 11.5. The molecule has 3 rings (SSSR count). The highest BCUT2D eigenvalue weighted by molar-refractivity contribution is 7.79. The lowest BCUT2D eigenvalue weighted by Crippen LogP contribution is -2.28. The van der Waals surface area contributed by atoms with E-state index in [2.05, 4.69) is 78.0 Å². The van der Waals surface area contributed by atoms with Gasteiger partial charge in [-0.2, -0.15) is 15.0 Å². The van der Waals surface area contributed by atoms with Crippen molar-refractivity contribution in [1.29, 1.82) is 0 Å². The zero-order valence-electron chi connectivity index (χ0n) is 17.3. The molecule has 0 radical (unpaired) electrons. The number of nitrogens with one attached hydrogen (secondary N) is 2. The third-order valence-electron chi connectivity index (χ3n) is 4.48. The maximum atomic E-state index is 4.84. The van der Waals surface area contributed by atoms with Gasteiger partial charge in [0.25, 0.3) is 0 Å². The molecule has 2 aromatic carbocycles. The SMILES string of the molecule is CCCCNc1nc(NCCCC)nc(P(c2ccccc2)c2ccccc2)n1. The lowest BCUT2D eigenvalue weighted by Gasteiger charge is -2.19. The van der Waals surface area contributed by atoms with Crippen molar-refractivity contribution < 1.29 is 0 Å². The molecule has 6 heteroatoms. The molecule has 1 aromatic heterocycles. The number of rotatable bonds is 11. The minimum atomic E-state index is -0.858. The van der Waals surface area contributed by atoms with Gasteiger partial charge in [0.1, 0.15) is 0 Å². The first-order valence-electron chi connectivity index (χ1n) is 10.5. The zero-order chi connectivity index (χ0) is 20.3. The second-order valence-electron chi connectivity index (χ2n) is 6.85. The first-order valence-corrected chi connectivity index (χ1v) is 11.8. The molecular weight excluding hydrogens is 377 g/mol. The molecule has 0 aliphatic carbocycles. The summed E-state index contributed by atoms with van der Waals surface area (Å²) < 4.78 is 0. The fourth-order valence-corrected chi connectivity index (χ4v) is 5.00. The molecular formula is C23H30N5P. The Labute approximate surface area is 175 Å². The summed E-state index contributed by atoms with van der Waals surface area (Å²) in [6.45, 7) is 6.09. The van der Waals surface area contributed by atoms with Crippen LogP contribution in [0.25, 0.3) is 0 Å². The van der Waals surface area contributed by atoms with Crippen LogP contribution in [0.15, 0.2) is 60.7 Å². The number of unbranched alkanes of at least 4 members (excludes halogenated alkanes) is 2. The number of anilines is 2. The van der Waals surface area contributed by atoms with E-state index in [1.807, 2.05) is 12.1 Å². The van der Waals surface area contributed by atoms with Crippen molar-refractivity contribution in [2.24, 2.45) is 0 Å². The van der Waals surface area contributed by atoms with E-state index in [-0.39, 0.29) is 0 Å². The largest absolute Gasteiger partial charge is 0.354 e. The number of aromatic nitrogens is 3. The molecule has 0 bridgehead atoms. The van der Waals surface area contributed by atoms with E-state index in [9.17, 15) is 0 Å². The fourth-order valence-electron chi connectivity index (χ4n) is 2.91. The Morgan fingerprint density at radius 3 is 1.52 bits per heavy atom. The number of nitrogens with zero attached hydrogens (tertiary/aromatic N) is 3. The van der Waals surface area contributed by atoms with Crippen LogP contribution >= 0.6 is 7.92 Å². The summed E-state index contributed by atoms with van der Waals surface area (Å²) in [5.74, 6) is 1.31. The van der Waals surface area contributed by atoms with E-state index in [0.29, 0.717) is 11.9 Å². The lowest BCUT2D eigenvalue weighted by atomic mass is 10.3. The van der Waals surface area contributed by atoms with Crippen molar-refractivity contribution in [3.8, 4) is 0 Å². The number of hydrogen-bond acceptors (Lipinski definition) is 5. The molecule has 0 unspecified atom stereocenters. The minimum absolute atomic E-state index is 0.654. The van der Waals surface area contributed by atoms with Crippen molar-refractivity contribution in [1.82, 2.24) is 15.0 Å². The van der Waals surface area contributed by atoms with Gasteiger partial charge in [-0.25, -0.2) is 0 Å². The van der Waals surface area contributed by atoms with E-state index < -0.39 is 7.92 Å². The van der Waals surface area contributed by atoms with Crippen LogP contribution in [0.1, 0.15) is 39.5 Å². The van der Waals surface area contributed by atoms with Gasteiger partial charge in [-0.1, -0.05) is 87.4 Å². The highest BCUT2D eigenvalue weighted by atomic mass is 31.1. The van der Waals surface area contributed by atoms with Crippen LogP contribution in [0.3, 0.4) is 0 Å². The molecule has 0 spiro atoms. The molecule has 5 nitrogen and oxygen atoms in total. The average Bonchev–Trinajstić information content (AvgIpc) is 2.76. The van der Waals surface area contributed by atoms with Gasteiger partial charge < -0.3 is 10.6 Å². The summed E-state index contributed by atoms with van der Waals surface area (Å²) in [5, 5.41) is 9.24. The third kappa shape index (κ3) is 6.23. The molecule has 1 heterocycles. The summed E-state index contributed by atoms with van der Waals surface area (Å²) in [7, 11) is -0.858. The fraction of sp³-hybridized carbons (Fsp3) is 0.348. The molecule has 0 saturated carbocycles. The van der Waals surface area contributed by atoms with E-state index >= 15 is 0 Å². The van der Waals surface area contributed by atoms with Crippen molar-refractivity contribution in [2.45, 2.75) is 39.5 Å². The number of benzene rings is 2. The molecule has 2 N–H and O–H groups in total. The summed E-state index contributed by atoms with van der Waals surface area (Å²) in [6, 6.07) is 21.1. The minimum Gasteiger partial charge on any atom is -0.354 e. The predicted octanol–water partition coefficient (Wildman–Crippen LogP) is 4.05. The topological polar surface area (TPSA) is 62.7 Å². The van der Waals surface area contributed by atoms with Crippen LogP contribution < -0.4 is 26.8 Å². The monoisotopic (exact) mass is 407 g/mol. The number of hydrogen-bond donors (Lipinski definition) is 2. The first-order chi connectivity index (χ1) is 14.3. The van der Waals surface area contributed by atoms with E-state index in [1.54, 1.807) is 0 Å². The Morgan fingerprint density at radius 2 is 1.10 bits per heavy atom. The Bertz CT molecular complexity index is 790. The third-order valence-corrected chi connectivity index (χ3v) is 6.71. The molecule has 0 aliphatic rings. The maximum absolute atomic E-state index is 4.84. The van der Waals surface area contributed by atoms with Crippen molar-refractivity contribution >= 4 is 36.0 Å². The van der Waals surface area contributed by atoms with Crippen LogP contribution in [-0.2, 0) is 0 Å². The Hall–Kier alpha value is -2.52. The maximum Gasteiger partial charge on any atom is 0.228 e. The summed E-state index contributed by atoms with van der Waals surface area (Å²) >= 11 is 0. The van der Waals surface area contributed by atoms with Crippen molar-refractivity contribution in [3.05, 3.63) is 60.7 Å². The molecule has 3 aromatic rings. The van der Waals surface area contributed by atoms with E-state index in [1.165, 1.54) is 10.6 Å². The molecule has 0 saturated heterocycles. The van der Waals surface area contributed by atoms with Gasteiger partial charge in [0.05, 0.1) is 0 Å². The first kappa shape index (κ1) is 21.2. The molecule has 0 amide bonds. The molecule has 0 atom stereocenters. The smallest absolute Gasteiger partial charge is 0.228 e. The quantitative estimate of drug-likeness (QED) is 0.371. The van der Waals surface area contributed by atoms with Gasteiger partial charge in [0.15, 0.2) is 5.57 Å². The zero-order valence-corrected chi connectivity index (χ0v) is 18.2. The van der Waals surface area contributed by atoms with Crippen LogP contribution in [0, 0.1) is 0 Å². The highest BCUT2D eigenvalue weighted by Gasteiger charge is 2.21. The molecule has 0 fully saturated rings. The van der Waals surface area contributed by atoms with E-state index in [0.717, 1.165) is 44.3 Å². The summed E-state index contributed by atoms with van der Waals surface area (Å²) in [6.07, 6.45) is 4.44. The molecule has 152 valence electrons. The van der Waals surface area contributed by atoms with E-state index in [4.69, 9.17) is 9.97 Å². The van der Waals surface area contributed by atoms with Gasteiger partial charge >= 0.3 is 0 Å². The van der Waals surface area contributed by atoms with Gasteiger partial charge in [-0.15, -0.1) is 0 Å².